The summed E-state index contributed by atoms with van der Waals surface area (Å²) in [7, 11) is 1.95. The van der Waals surface area contributed by atoms with Crippen molar-refractivity contribution in [2.45, 2.75) is 111 Å². The number of Topliss-reactive ketones (excluding diaryl/α,β-unsaturated/α-hetero) is 1. The third kappa shape index (κ3) is 6.91. The Labute approximate surface area is 227 Å². The third-order valence-corrected chi connectivity index (χ3v) is 6.69. The van der Waals surface area contributed by atoms with E-state index in [1.54, 1.807) is 11.1 Å². The van der Waals surface area contributed by atoms with E-state index in [1.165, 1.54) is 0 Å². The molecular formula is C29H46N4O5. The average molecular weight is 531 g/mol. The Hall–Kier alpha value is -2.52. The van der Waals surface area contributed by atoms with Gasteiger partial charge in [-0.1, -0.05) is 34.6 Å². The molecule has 1 fully saturated rings. The summed E-state index contributed by atoms with van der Waals surface area (Å²) in [5.74, 6) is 0.190. The summed E-state index contributed by atoms with van der Waals surface area (Å²) in [6.45, 7) is 20.4. The van der Waals surface area contributed by atoms with Gasteiger partial charge in [-0.15, -0.1) is 0 Å². The third-order valence-electron chi connectivity index (χ3n) is 6.69. The maximum absolute atomic E-state index is 13.1. The number of carbonyl (C=O) groups excluding carboxylic acids is 2. The van der Waals surface area contributed by atoms with Crippen molar-refractivity contribution in [1.29, 1.82) is 0 Å². The van der Waals surface area contributed by atoms with Crippen molar-refractivity contribution in [2.24, 2.45) is 13.0 Å². The maximum Gasteiger partial charge on any atom is 0.412 e. The molecule has 0 spiro atoms. The number of hydrogen-bond donors (Lipinski definition) is 0. The van der Waals surface area contributed by atoms with E-state index in [4.69, 9.17) is 14.2 Å². The highest BCUT2D eigenvalue weighted by atomic mass is 16.6. The average Bonchev–Trinajstić information content (AvgIpc) is 3.27. The topological polar surface area (TPSA) is 95.8 Å². The second kappa shape index (κ2) is 10.9. The molecule has 9 nitrogen and oxygen atoms in total. The van der Waals surface area contributed by atoms with Crippen LogP contribution in [0.3, 0.4) is 0 Å². The van der Waals surface area contributed by atoms with Crippen LogP contribution in [0.5, 0.6) is 0 Å². The number of ketones is 1. The van der Waals surface area contributed by atoms with Crippen LogP contribution in [-0.2, 0) is 26.7 Å². The Bertz CT molecular complexity index is 1160. The minimum absolute atomic E-state index is 0.0632. The molecule has 1 aliphatic rings. The molecule has 2 atom stereocenters. The van der Waals surface area contributed by atoms with Gasteiger partial charge in [-0.2, -0.15) is 0 Å². The fourth-order valence-corrected chi connectivity index (χ4v) is 4.94. The van der Waals surface area contributed by atoms with Crippen LogP contribution in [0.4, 0.5) is 4.79 Å². The van der Waals surface area contributed by atoms with Crippen LogP contribution in [-0.4, -0.2) is 68.0 Å². The molecule has 2 aromatic heterocycles. The predicted octanol–water partition coefficient (Wildman–Crippen LogP) is 5.64. The molecule has 1 saturated heterocycles. The molecule has 1 aliphatic heterocycles. The number of fused-ring (bicyclic) bond motifs is 1. The van der Waals surface area contributed by atoms with Crippen LogP contribution in [0.25, 0.3) is 11.2 Å². The van der Waals surface area contributed by atoms with Gasteiger partial charge in [-0.3, -0.25) is 14.7 Å². The van der Waals surface area contributed by atoms with E-state index >= 15 is 0 Å². The largest absolute Gasteiger partial charge is 0.444 e. The Balaban J connectivity index is 1.73. The van der Waals surface area contributed by atoms with E-state index in [9.17, 15) is 9.59 Å². The number of carbonyl (C=O) groups is 2. The van der Waals surface area contributed by atoms with Gasteiger partial charge < -0.3 is 18.8 Å². The molecule has 3 heterocycles. The number of aromatic nitrogens is 3. The number of ether oxygens (including phenoxy) is 3. The molecule has 0 saturated carbocycles. The molecule has 0 unspecified atom stereocenters. The Morgan fingerprint density at radius 1 is 1.18 bits per heavy atom. The lowest BCUT2D eigenvalue weighted by atomic mass is 9.92. The van der Waals surface area contributed by atoms with Crippen LogP contribution < -0.4 is 0 Å². The predicted molar refractivity (Wildman–Crippen MR) is 147 cm³/mol. The van der Waals surface area contributed by atoms with Gasteiger partial charge >= 0.3 is 6.09 Å². The minimum atomic E-state index is -0.826. The van der Waals surface area contributed by atoms with Crippen LogP contribution in [0.2, 0.25) is 0 Å². The van der Waals surface area contributed by atoms with E-state index < -0.39 is 17.4 Å². The number of amides is 1. The zero-order chi connectivity index (χ0) is 28.6. The smallest absolute Gasteiger partial charge is 0.412 e. The molecule has 3 rings (SSSR count). The standard InChI is InChI=1S/C29H46N4O5/c1-18(2)14-23(21-17-37-29(9,10)33(21)26(35)38-28(6,7)8)36-13-12-22(34)20-16-30-19-15-24(27(3,4)5)32(11)25(19)31-20/h15-16,18,21,23H,12-14,17H2,1-11H3/t21-,23-/m0/s1. The zero-order valence-corrected chi connectivity index (χ0v) is 25.0. The summed E-state index contributed by atoms with van der Waals surface area (Å²) in [5, 5.41) is 0. The second-order valence-electron chi connectivity index (χ2n) is 13.2. The first kappa shape index (κ1) is 30.0. The molecule has 0 radical (unpaired) electrons. The van der Waals surface area contributed by atoms with Gasteiger partial charge in [0.05, 0.1) is 31.6 Å². The Morgan fingerprint density at radius 3 is 2.42 bits per heavy atom. The van der Waals surface area contributed by atoms with Crippen LogP contribution in [0.15, 0.2) is 12.3 Å². The summed E-state index contributed by atoms with van der Waals surface area (Å²) in [6, 6.07) is 1.70. The molecule has 0 aromatic carbocycles. The van der Waals surface area contributed by atoms with Gasteiger partial charge in [0.25, 0.3) is 0 Å². The highest BCUT2D eigenvalue weighted by Crippen LogP contribution is 2.33. The lowest BCUT2D eigenvalue weighted by Crippen LogP contribution is -2.54. The number of hydrogen-bond acceptors (Lipinski definition) is 7. The van der Waals surface area contributed by atoms with Crippen molar-refractivity contribution < 1.29 is 23.8 Å². The molecule has 212 valence electrons. The monoisotopic (exact) mass is 530 g/mol. The zero-order valence-electron chi connectivity index (χ0n) is 25.0. The highest BCUT2D eigenvalue weighted by molar-refractivity contribution is 5.95. The van der Waals surface area contributed by atoms with Gasteiger partial charge in [-0.25, -0.2) is 9.78 Å². The normalized spacial score (nSPS) is 18.8. The molecule has 0 bridgehead atoms. The first-order valence-electron chi connectivity index (χ1n) is 13.5. The summed E-state index contributed by atoms with van der Waals surface area (Å²) < 4.78 is 20.0. The lowest BCUT2D eigenvalue weighted by Gasteiger charge is -2.38. The van der Waals surface area contributed by atoms with Crippen molar-refractivity contribution in [1.82, 2.24) is 19.4 Å². The molecule has 38 heavy (non-hydrogen) atoms. The Morgan fingerprint density at radius 2 is 1.84 bits per heavy atom. The van der Waals surface area contributed by atoms with E-state index in [-0.39, 0.29) is 36.4 Å². The summed E-state index contributed by atoms with van der Waals surface area (Å²) in [5.41, 5.74) is 1.37. The summed E-state index contributed by atoms with van der Waals surface area (Å²) in [6.07, 6.45) is 1.67. The SMILES string of the molecule is CC(C)C[C@H](OCCC(=O)c1cnc2cc(C(C)(C)C)n(C)c2n1)[C@@H]1COC(C)(C)N1C(=O)OC(C)(C)C. The van der Waals surface area contributed by atoms with Crippen molar-refractivity contribution in [2.75, 3.05) is 13.2 Å². The molecule has 9 heteroatoms. The van der Waals surface area contributed by atoms with E-state index in [1.807, 2.05) is 52.3 Å². The number of nitrogens with zero attached hydrogens (tertiary/aromatic N) is 4. The number of aryl methyl sites for hydroxylation is 1. The van der Waals surface area contributed by atoms with Crippen molar-refractivity contribution in [3.8, 4) is 0 Å². The van der Waals surface area contributed by atoms with E-state index in [0.717, 1.165) is 11.2 Å². The van der Waals surface area contributed by atoms with E-state index in [0.29, 0.717) is 30.3 Å². The minimum Gasteiger partial charge on any atom is -0.444 e. The van der Waals surface area contributed by atoms with E-state index in [2.05, 4.69) is 44.6 Å². The maximum atomic E-state index is 13.1. The first-order valence-corrected chi connectivity index (χ1v) is 13.5. The van der Waals surface area contributed by atoms with Crippen molar-refractivity contribution >= 4 is 23.0 Å². The van der Waals surface area contributed by atoms with Crippen LogP contribution >= 0.6 is 0 Å². The molecular weight excluding hydrogens is 484 g/mol. The van der Waals surface area contributed by atoms with Gasteiger partial charge in [0, 0.05) is 24.6 Å². The highest BCUT2D eigenvalue weighted by Gasteiger charge is 2.49. The second-order valence-corrected chi connectivity index (χ2v) is 13.2. The molecule has 2 aromatic rings. The summed E-state index contributed by atoms with van der Waals surface area (Å²) >= 11 is 0. The quantitative estimate of drug-likeness (QED) is 0.407. The molecule has 1 amide bonds. The van der Waals surface area contributed by atoms with Crippen molar-refractivity contribution in [3.63, 3.8) is 0 Å². The molecule has 0 aliphatic carbocycles. The Kier molecular flexibility index (Phi) is 8.63. The fraction of sp³-hybridized carbons (Fsp3) is 0.724. The number of rotatable bonds is 8. The summed E-state index contributed by atoms with van der Waals surface area (Å²) in [4.78, 5) is 37.0. The first-order chi connectivity index (χ1) is 17.4. The van der Waals surface area contributed by atoms with Crippen LogP contribution in [0.1, 0.15) is 98.3 Å². The molecule has 0 N–H and O–H groups in total. The van der Waals surface area contributed by atoms with Gasteiger partial charge in [0.15, 0.2) is 11.4 Å². The fourth-order valence-electron chi connectivity index (χ4n) is 4.94. The van der Waals surface area contributed by atoms with Crippen LogP contribution in [0, 0.1) is 5.92 Å². The van der Waals surface area contributed by atoms with Crippen molar-refractivity contribution in [3.05, 3.63) is 23.7 Å². The van der Waals surface area contributed by atoms with Gasteiger partial charge in [0.1, 0.15) is 22.5 Å². The van der Waals surface area contributed by atoms with Gasteiger partial charge in [0.2, 0.25) is 0 Å². The lowest BCUT2D eigenvalue weighted by molar-refractivity contribution is -0.0741. The van der Waals surface area contributed by atoms with Gasteiger partial charge in [-0.05, 0) is 53.0 Å².